The topological polar surface area (TPSA) is 117 Å². The summed E-state index contributed by atoms with van der Waals surface area (Å²) >= 11 is 3.22. The predicted octanol–water partition coefficient (Wildman–Crippen LogP) is 3.71. The molecule has 2 aromatic carbocycles. The van der Waals surface area contributed by atoms with Gasteiger partial charge in [-0.05, 0) is 36.4 Å². The number of rotatable bonds is 3. The van der Waals surface area contributed by atoms with E-state index < -0.39 is 10.5 Å². The summed E-state index contributed by atoms with van der Waals surface area (Å²) in [5.74, 6) is 6.52. The molecule has 0 aliphatic carbocycles. The number of para-hydroxylation sites is 1. The van der Waals surface area contributed by atoms with Crippen LogP contribution in [0.1, 0.15) is 0 Å². The lowest BCUT2D eigenvalue weighted by atomic mass is 10.1. The van der Waals surface area contributed by atoms with E-state index in [-0.39, 0.29) is 23.0 Å². The Kier molecular flexibility index (Phi) is 4.00. The number of halogens is 1. The van der Waals surface area contributed by atoms with Crippen molar-refractivity contribution in [1.29, 1.82) is 0 Å². The van der Waals surface area contributed by atoms with Crippen molar-refractivity contribution in [3.63, 3.8) is 0 Å². The van der Waals surface area contributed by atoms with Crippen LogP contribution in [0.4, 0.5) is 5.69 Å². The second-order valence-electron chi connectivity index (χ2n) is 5.71. The second kappa shape index (κ2) is 6.36. The van der Waals surface area contributed by atoms with Crippen LogP contribution >= 0.6 is 15.9 Å². The first-order chi connectivity index (χ1) is 13.0. The van der Waals surface area contributed by atoms with Gasteiger partial charge in [-0.25, -0.2) is 9.66 Å². The summed E-state index contributed by atoms with van der Waals surface area (Å²) in [5, 5.41) is 11.7. The number of nitro benzene ring substituents is 1. The van der Waals surface area contributed by atoms with E-state index in [1.54, 1.807) is 48.5 Å². The number of nitrogen functional groups attached to an aromatic ring is 1. The van der Waals surface area contributed by atoms with Gasteiger partial charge in [-0.15, -0.1) is 0 Å². The van der Waals surface area contributed by atoms with Crippen LogP contribution in [0.15, 0.2) is 68.3 Å². The van der Waals surface area contributed by atoms with Crippen molar-refractivity contribution < 1.29 is 9.34 Å². The van der Waals surface area contributed by atoms with Gasteiger partial charge in [-0.3, -0.25) is 14.9 Å². The third-order valence-electron chi connectivity index (χ3n) is 4.06. The summed E-state index contributed by atoms with van der Waals surface area (Å²) in [4.78, 5) is 27.7. The van der Waals surface area contributed by atoms with Gasteiger partial charge in [0, 0.05) is 10.5 Å². The lowest BCUT2D eigenvalue weighted by molar-refractivity contribution is -0.384. The largest absolute Gasteiger partial charge is 0.452 e. The highest BCUT2D eigenvalue weighted by Gasteiger charge is 2.20. The molecule has 0 saturated carbocycles. The number of nitro groups is 1. The summed E-state index contributed by atoms with van der Waals surface area (Å²) in [6, 6.07) is 14.6. The van der Waals surface area contributed by atoms with Gasteiger partial charge in [-0.2, -0.15) is 0 Å². The summed E-state index contributed by atoms with van der Waals surface area (Å²) in [6.45, 7) is 0. The summed E-state index contributed by atoms with van der Waals surface area (Å²) in [7, 11) is 0. The average molecular weight is 427 g/mol. The predicted molar refractivity (Wildman–Crippen MR) is 104 cm³/mol. The van der Waals surface area contributed by atoms with E-state index in [4.69, 9.17) is 10.3 Å². The Balaban J connectivity index is 1.88. The van der Waals surface area contributed by atoms with E-state index in [1.807, 2.05) is 0 Å². The highest BCUT2D eigenvalue weighted by molar-refractivity contribution is 9.10. The molecule has 0 saturated heterocycles. The Bertz CT molecular complexity index is 1260. The van der Waals surface area contributed by atoms with Gasteiger partial charge in [0.05, 0.1) is 21.4 Å². The minimum absolute atomic E-state index is 0.109. The number of nitrogens with zero attached hydrogens (tertiary/aromatic N) is 3. The number of hydrogen-bond donors (Lipinski definition) is 1. The molecule has 0 aliphatic heterocycles. The molecule has 0 bridgehead atoms. The number of furan rings is 1. The fourth-order valence-electron chi connectivity index (χ4n) is 2.79. The van der Waals surface area contributed by atoms with Gasteiger partial charge in [0.25, 0.3) is 11.2 Å². The first kappa shape index (κ1) is 17.0. The molecule has 2 aromatic heterocycles. The fourth-order valence-corrected chi connectivity index (χ4v) is 3.14. The molecule has 0 fully saturated rings. The number of fused-ring (bicyclic) bond motifs is 1. The second-order valence-corrected chi connectivity index (χ2v) is 6.63. The number of aromatic nitrogens is 2. The normalized spacial score (nSPS) is 11.0. The fraction of sp³-hybridized carbons (Fsp3) is 0. The summed E-state index contributed by atoms with van der Waals surface area (Å²) in [6.07, 6.45) is 0. The Morgan fingerprint density at radius 3 is 2.63 bits per heavy atom. The molecule has 9 heteroatoms. The van der Waals surface area contributed by atoms with Crippen LogP contribution in [-0.4, -0.2) is 14.6 Å². The van der Waals surface area contributed by atoms with Gasteiger partial charge in [-0.1, -0.05) is 28.1 Å². The van der Waals surface area contributed by atoms with Crippen LogP contribution in [0.5, 0.6) is 0 Å². The molecule has 2 heterocycles. The molecular weight excluding hydrogens is 416 g/mol. The molecule has 0 unspecified atom stereocenters. The molecule has 0 radical (unpaired) electrons. The average Bonchev–Trinajstić information content (AvgIpc) is 3.14. The molecular formula is C18H11BrN4O4. The van der Waals surface area contributed by atoms with E-state index in [0.29, 0.717) is 20.9 Å². The van der Waals surface area contributed by atoms with Crippen molar-refractivity contribution in [2.24, 2.45) is 0 Å². The lowest BCUT2D eigenvalue weighted by Crippen LogP contribution is -2.29. The van der Waals surface area contributed by atoms with Crippen molar-refractivity contribution in [1.82, 2.24) is 9.66 Å². The van der Waals surface area contributed by atoms with Crippen LogP contribution in [-0.2, 0) is 0 Å². The zero-order chi connectivity index (χ0) is 19.1. The Hall–Kier alpha value is -3.46. The van der Waals surface area contributed by atoms with Gasteiger partial charge in [0.1, 0.15) is 5.76 Å². The summed E-state index contributed by atoms with van der Waals surface area (Å²) in [5.41, 5.74) is 0.262. The monoisotopic (exact) mass is 426 g/mol. The Labute approximate surface area is 160 Å². The SMILES string of the molecule is Nn1c(-c2ccc(-c3ccc(Br)cc3[N+](=O)[O-])o2)nc2ccccc2c1=O. The van der Waals surface area contributed by atoms with E-state index in [2.05, 4.69) is 20.9 Å². The third-order valence-corrected chi connectivity index (χ3v) is 4.55. The quantitative estimate of drug-likeness (QED) is 0.303. The van der Waals surface area contributed by atoms with E-state index in [9.17, 15) is 14.9 Å². The minimum atomic E-state index is -0.491. The number of benzene rings is 2. The van der Waals surface area contributed by atoms with Gasteiger partial charge in [0.2, 0.25) is 0 Å². The minimum Gasteiger partial charge on any atom is -0.452 e. The van der Waals surface area contributed by atoms with Crippen LogP contribution < -0.4 is 11.4 Å². The molecule has 0 atom stereocenters. The van der Waals surface area contributed by atoms with Crippen molar-refractivity contribution >= 4 is 32.5 Å². The highest BCUT2D eigenvalue weighted by atomic mass is 79.9. The number of nitrogens with two attached hydrogens (primary N) is 1. The first-order valence-corrected chi connectivity index (χ1v) is 8.56. The molecule has 4 aromatic rings. The molecule has 2 N–H and O–H groups in total. The van der Waals surface area contributed by atoms with Gasteiger partial charge < -0.3 is 10.3 Å². The molecule has 0 spiro atoms. The Morgan fingerprint density at radius 1 is 1.11 bits per heavy atom. The molecule has 27 heavy (non-hydrogen) atoms. The number of hydrogen-bond acceptors (Lipinski definition) is 6. The van der Waals surface area contributed by atoms with Crippen molar-refractivity contribution in [3.05, 3.63) is 79.5 Å². The lowest BCUT2D eigenvalue weighted by Gasteiger charge is -2.06. The molecule has 8 nitrogen and oxygen atoms in total. The van der Waals surface area contributed by atoms with Crippen LogP contribution in [0.2, 0.25) is 0 Å². The van der Waals surface area contributed by atoms with Crippen LogP contribution in [0.3, 0.4) is 0 Å². The smallest absolute Gasteiger partial charge is 0.281 e. The van der Waals surface area contributed by atoms with E-state index in [1.165, 1.54) is 6.07 Å². The maximum absolute atomic E-state index is 12.4. The summed E-state index contributed by atoms with van der Waals surface area (Å²) < 4.78 is 7.23. The maximum atomic E-state index is 12.4. The zero-order valence-corrected chi connectivity index (χ0v) is 15.2. The highest BCUT2D eigenvalue weighted by Crippen LogP contribution is 2.35. The van der Waals surface area contributed by atoms with Crippen molar-refractivity contribution in [2.45, 2.75) is 0 Å². The van der Waals surface area contributed by atoms with E-state index in [0.717, 1.165) is 4.68 Å². The molecule has 4 rings (SSSR count). The van der Waals surface area contributed by atoms with Crippen molar-refractivity contribution in [2.75, 3.05) is 5.84 Å². The van der Waals surface area contributed by atoms with Crippen molar-refractivity contribution in [3.8, 4) is 22.9 Å². The standard InChI is InChI=1S/C18H11BrN4O4/c19-10-5-6-12(14(9-10)23(25)26)15-7-8-16(27-15)17-21-13-4-2-1-3-11(13)18(24)22(17)20/h1-9H,20H2. The first-order valence-electron chi connectivity index (χ1n) is 7.77. The maximum Gasteiger partial charge on any atom is 0.281 e. The van der Waals surface area contributed by atoms with E-state index >= 15 is 0 Å². The third kappa shape index (κ3) is 2.87. The van der Waals surface area contributed by atoms with Crippen LogP contribution in [0, 0.1) is 10.1 Å². The van der Waals surface area contributed by atoms with Gasteiger partial charge >= 0.3 is 0 Å². The molecule has 0 amide bonds. The van der Waals surface area contributed by atoms with Crippen LogP contribution in [0.25, 0.3) is 33.8 Å². The zero-order valence-electron chi connectivity index (χ0n) is 13.6. The molecule has 134 valence electrons. The van der Waals surface area contributed by atoms with Gasteiger partial charge in [0.15, 0.2) is 11.6 Å². The Morgan fingerprint density at radius 2 is 1.85 bits per heavy atom. The molecule has 0 aliphatic rings.